The molecule has 0 aliphatic rings. The Hall–Kier alpha value is -2.83. The van der Waals surface area contributed by atoms with Crippen molar-refractivity contribution >= 4 is 17.5 Å². The summed E-state index contributed by atoms with van der Waals surface area (Å²) in [6, 6.07) is 9.19. The third-order valence-corrected chi connectivity index (χ3v) is 3.86. The van der Waals surface area contributed by atoms with E-state index in [4.69, 9.17) is 9.47 Å². The molecular formula is C19H26N4O3. The number of carbonyl (C=O) groups is 1. The van der Waals surface area contributed by atoms with Crippen LogP contribution < -0.4 is 20.1 Å². The highest BCUT2D eigenvalue weighted by atomic mass is 16.5. The van der Waals surface area contributed by atoms with Gasteiger partial charge in [-0.1, -0.05) is 19.4 Å². The van der Waals surface area contributed by atoms with E-state index in [-0.39, 0.29) is 5.91 Å². The predicted octanol–water partition coefficient (Wildman–Crippen LogP) is 3.28. The zero-order valence-corrected chi connectivity index (χ0v) is 15.5. The van der Waals surface area contributed by atoms with Crippen LogP contribution in [0, 0.1) is 0 Å². The number of carbonyl (C=O) groups excluding carboxylic acids is 1. The quantitative estimate of drug-likeness (QED) is 0.634. The molecule has 1 amide bonds. The average molecular weight is 358 g/mol. The number of rotatable bonds is 10. The fourth-order valence-corrected chi connectivity index (χ4v) is 2.39. The van der Waals surface area contributed by atoms with E-state index >= 15 is 0 Å². The van der Waals surface area contributed by atoms with Gasteiger partial charge in [-0.3, -0.25) is 4.79 Å². The van der Waals surface area contributed by atoms with Gasteiger partial charge in [0.2, 0.25) is 5.91 Å². The molecule has 2 aromatic rings. The minimum Gasteiger partial charge on any atom is -0.493 e. The second-order valence-corrected chi connectivity index (χ2v) is 5.82. The van der Waals surface area contributed by atoms with Crippen molar-refractivity contribution in [3.05, 3.63) is 35.9 Å². The van der Waals surface area contributed by atoms with Crippen molar-refractivity contribution in [1.29, 1.82) is 0 Å². The molecule has 0 saturated heterocycles. The Bertz CT molecular complexity index is 704. The van der Waals surface area contributed by atoms with Crippen molar-refractivity contribution in [2.24, 2.45) is 0 Å². The highest BCUT2D eigenvalue weighted by Crippen LogP contribution is 2.28. The Morgan fingerprint density at radius 3 is 2.42 bits per heavy atom. The lowest BCUT2D eigenvalue weighted by Crippen LogP contribution is -2.14. The summed E-state index contributed by atoms with van der Waals surface area (Å²) < 4.78 is 10.5. The van der Waals surface area contributed by atoms with Gasteiger partial charge in [0.25, 0.3) is 0 Å². The molecule has 0 spiro atoms. The van der Waals surface area contributed by atoms with Gasteiger partial charge in [-0.05, 0) is 42.7 Å². The van der Waals surface area contributed by atoms with E-state index in [9.17, 15) is 4.79 Å². The molecule has 7 heteroatoms. The SMILES string of the molecule is CCCCNc1ccc(NC(=O)CCc2ccc(OC)c(OC)c2)nn1. The van der Waals surface area contributed by atoms with Crippen molar-refractivity contribution in [3.63, 3.8) is 0 Å². The van der Waals surface area contributed by atoms with Gasteiger partial charge in [0.05, 0.1) is 14.2 Å². The van der Waals surface area contributed by atoms with Gasteiger partial charge in [0.15, 0.2) is 17.3 Å². The van der Waals surface area contributed by atoms with Crippen molar-refractivity contribution in [3.8, 4) is 11.5 Å². The molecule has 2 N–H and O–H groups in total. The molecule has 2 rings (SSSR count). The highest BCUT2D eigenvalue weighted by molar-refractivity contribution is 5.89. The van der Waals surface area contributed by atoms with E-state index in [2.05, 4.69) is 27.8 Å². The maximum Gasteiger partial charge on any atom is 0.225 e. The molecule has 7 nitrogen and oxygen atoms in total. The molecule has 1 heterocycles. The Labute approximate surface area is 154 Å². The Morgan fingerprint density at radius 2 is 1.77 bits per heavy atom. The molecule has 26 heavy (non-hydrogen) atoms. The largest absolute Gasteiger partial charge is 0.493 e. The number of methoxy groups -OCH3 is 2. The van der Waals surface area contributed by atoms with Crippen LogP contribution >= 0.6 is 0 Å². The first-order valence-electron chi connectivity index (χ1n) is 8.74. The summed E-state index contributed by atoms with van der Waals surface area (Å²) >= 11 is 0. The van der Waals surface area contributed by atoms with E-state index in [0.717, 1.165) is 24.9 Å². The van der Waals surface area contributed by atoms with E-state index in [1.807, 2.05) is 24.3 Å². The van der Waals surface area contributed by atoms with Crippen molar-refractivity contribution in [1.82, 2.24) is 10.2 Å². The summed E-state index contributed by atoms with van der Waals surface area (Å²) in [7, 11) is 3.18. The van der Waals surface area contributed by atoms with E-state index in [0.29, 0.717) is 36.0 Å². The van der Waals surface area contributed by atoms with Crippen LogP contribution in [0.15, 0.2) is 30.3 Å². The minimum absolute atomic E-state index is 0.110. The van der Waals surface area contributed by atoms with Crippen LogP contribution in [0.4, 0.5) is 11.6 Å². The number of hydrogen-bond donors (Lipinski definition) is 2. The number of benzene rings is 1. The summed E-state index contributed by atoms with van der Waals surface area (Å²) in [5.74, 6) is 2.37. The molecule has 0 aliphatic carbocycles. The van der Waals surface area contributed by atoms with Gasteiger partial charge >= 0.3 is 0 Å². The third-order valence-electron chi connectivity index (χ3n) is 3.86. The normalized spacial score (nSPS) is 10.3. The zero-order chi connectivity index (χ0) is 18.8. The molecular weight excluding hydrogens is 332 g/mol. The first-order valence-corrected chi connectivity index (χ1v) is 8.74. The Kier molecular flexibility index (Phi) is 7.67. The van der Waals surface area contributed by atoms with Crippen LogP contribution in [-0.4, -0.2) is 36.9 Å². The van der Waals surface area contributed by atoms with Gasteiger partial charge < -0.3 is 20.1 Å². The topological polar surface area (TPSA) is 85.4 Å². The first-order chi connectivity index (χ1) is 12.7. The number of unbranched alkanes of at least 4 members (excludes halogenated alkanes) is 1. The van der Waals surface area contributed by atoms with Crippen molar-refractivity contribution in [2.75, 3.05) is 31.4 Å². The maximum absolute atomic E-state index is 12.1. The second kappa shape index (κ2) is 10.2. The number of ether oxygens (including phenoxy) is 2. The van der Waals surface area contributed by atoms with Crippen LogP contribution in [0.25, 0.3) is 0 Å². The molecule has 0 unspecified atom stereocenters. The Morgan fingerprint density at radius 1 is 1.04 bits per heavy atom. The number of nitrogens with one attached hydrogen (secondary N) is 2. The fourth-order valence-electron chi connectivity index (χ4n) is 2.39. The van der Waals surface area contributed by atoms with Gasteiger partial charge in [-0.15, -0.1) is 10.2 Å². The van der Waals surface area contributed by atoms with E-state index in [1.54, 1.807) is 20.3 Å². The van der Waals surface area contributed by atoms with Gasteiger partial charge in [-0.25, -0.2) is 0 Å². The summed E-state index contributed by atoms with van der Waals surface area (Å²) in [6.07, 6.45) is 3.13. The third kappa shape index (κ3) is 5.91. The summed E-state index contributed by atoms with van der Waals surface area (Å²) in [5, 5.41) is 14.0. The zero-order valence-electron chi connectivity index (χ0n) is 15.5. The van der Waals surface area contributed by atoms with Gasteiger partial charge in [0, 0.05) is 13.0 Å². The van der Waals surface area contributed by atoms with E-state index < -0.39 is 0 Å². The molecule has 0 saturated carbocycles. The lowest BCUT2D eigenvalue weighted by atomic mass is 10.1. The van der Waals surface area contributed by atoms with Crippen LogP contribution in [0.3, 0.4) is 0 Å². The number of hydrogen-bond acceptors (Lipinski definition) is 6. The lowest BCUT2D eigenvalue weighted by molar-refractivity contribution is -0.116. The van der Waals surface area contributed by atoms with Gasteiger partial charge in [-0.2, -0.15) is 0 Å². The van der Waals surface area contributed by atoms with Gasteiger partial charge in [0.1, 0.15) is 5.82 Å². The van der Waals surface area contributed by atoms with Crippen LogP contribution in [0.5, 0.6) is 11.5 Å². The number of anilines is 2. The average Bonchev–Trinajstić information content (AvgIpc) is 2.67. The van der Waals surface area contributed by atoms with Crippen LogP contribution in [-0.2, 0) is 11.2 Å². The molecule has 140 valence electrons. The second-order valence-electron chi connectivity index (χ2n) is 5.82. The number of nitrogens with zero attached hydrogens (tertiary/aromatic N) is 2. The monoisotopic (exact) mass is 358 g/mol. The van der Waals surface area contributed by atoms with Crippen molar-refractivity contribution < 1.29 is 14.3 Å². The first kappa shape index (κ1) is 19.5. The summed E-state index contributed by atoms with van der Waals surface area (Å²) in [6.45, 7) is 3.00. The van der Waals surface area contributed by atoms with Crippen LogP contribution in [0.2, 0.25) is 0 Å². The number of aryl methyl sites for hydroxylation is 1. The summed E-state index contributed by atoms with van der Waals surface area (Å²) in [5.41, 5.74) is 0.999. The molecule has 1 aromatic carbocycles. The maximum atomic E-state index is 12.1. The smallest absolute Gasteiger partial charge is 0.225 e. The molecule has 0 bridgehead atoms. The highest BCUT2D eigenvalue weighted by Gasteiger charge is 2.08. The number of amides is 1. The van der Waals surface area contributed by atoms with Crippen LogP contribution in [0.1, 0.15) is 31.7 Å². The van der Waals surface area contributed by atoms with Crippen molar-refractivity contribution in [2.45, 2.75) is 32.6 Å². The minimum atomic E-state index is -0.110. The molecule has 0 aliphatic heterocycles. The van der Waals surface area contributed by atoms with E-state index in [1.165, 1.54) is 0 Å². The number of aromatic nitrogens is 2. The molecule has 0 radical (unpaired) electrons. The molecule has 1 aromatic heterocycles. The predicted molar refractivity (Wildman–Crippen MR) is 102 cm³/mol. The standard InChI is InChI=1S/C19H26N4O3/c1-4-5-12-20-17-9-10-18(23-22-17)21-19(24)11-7-14-6-8-15(25-2)16(13-14)26-3/h6,8-10,13H,4-5,7,11-12H2,1-3H3,(H,20,22)(H,21,23,24). The molecule has 0 fully saturated rings. The summed E-state index contributed by atoms with van der Waals surface area (Å²) in [4.78, 5) is 12.1. The molecule has 0 atom stereocenters. The lowest BCUT2D eigenvalue weighted by Gasteiger charge is -2.09. The Balaban J connectivity index is 1.83. The fraction of sp³-hybridized carbons (Fsp3) is 0.421.